The second-order valence-electron chi connectivity index (χ2n) is 7.88. The highest BCUT2D eigenvalue weighted by molar-refractivity contribution is 6.42. The van der Waals surface area contributed by atoms with Gasteiger partial charge in [0.15, 0.2) is 0 Å². The van der Waals surface area contributed by atoms with Gasteiger partial charge in [-0.2, -0.15) is 0 Å². The van der Waals surface area contributed by atoms with E-state index in [0.717, 1.165) is 11.8 Å². The fraction of sp³-hybridized carbons (Fsp3) is 0.292. The second kappa shape index (κ2) is 9.93. The molecule has 0 spiro atoms. The number of amides is 1. The van der Waals surface area contributed by atoms with Crippen LogP contribution in [0.2, 0.25) is 10.0 Å². The number of pyridine rings is 2. The Bertz CT molecular complexity index is 1130. The largest absolute Gasteiger partial charge is 0.481 e. The summed E-state index contributed by atoms with van der Waals surface area (Å²) in [5.74, 6) is 0.0724. The molecule has 6 nitrogen and oxygen atoms in total. The molecule has 0 unspecified atom stereocenters. The zero-order valence-corrected chi connectivity index (χ0v) is 19.6. The first kappa shape index (κ1) is 23.3. The molecule has 0 N–H and O–H groups in total. The molecule has 0 radical (unpaired) electrons. The third kappa shape index (κ3) is 5.20. The van der Waals surface area contributed by atoms with E-state index >= 15 is 0 Å². The molecule has 2 aromatic heterocycles. The molecular formula is C24H22Cl2FN3O3. The Hall–Kier alpha value is -2.90. The van der Waals surface area contributed by atoms with E-state index < -0.39 is 5.82 Å². The number of hydrogen-bond donors (Lipinski definition) is 0. The van der Waals surface area contributed by atoms with Crippen molar-refractivity contribution >= 4 is 29.1 Å². The molecular weight excluding hydrogens is 468 g/mol. The molecule has 4 rings (SSSR count). The van der Waals surface area contributed by atoms with Crippen LogP contribution in [0, 0.1) is 11.7 Å². The Morgan fingerprint density at radius 1 is 1.06 bits per heavy atom. The Morgan fingerprint density at radius 3 is 2.45 bits per heavy atom. The number of halogens is 3. The summed E-state index contributed by atoms with van der Waals surface area (Å²) in [5, 5.41) is 0.915. The van der Waals surface area contributed by atoms with Crippen LogP contribution in [0.1, 0.15) is 28.8 Å². The molecule has 3 atom stereocenters. The lowest BCUT2D eigenvalue weighted by molar-refractivity contribution is 0.0769. The normalized spacial score (nSPS) is 18.8. The summed E-state index contributed by atoms with van der Waals surface area (Å²) in [7, 11) is 1.52. The maximum atomic E-state index is 13.2. The fourth-order valence-corrected chi connectivity index (χ4v) is 4.39. The summed E-state index contributed by atoms with van der Waals surface area (Å²) >= 11 is 12.4. The first-order valence-corrected chi connectivity index (χ1v) is 11.1. The van der Waals surface area contributed by atoms with Crippen LogP contribution in [0.4, 0.5) is 4.39 Å². The van der Waals surface area contributed by atoms with Gasteiger partial charge in [0.25, 0.3) is 5.91 Å². The van der Waals surface area contributed by atoms with E-state index in [1.54, 1.807) is 23.1 Å². The van der Waals surface area contributed by atoms with Crippen molar-refractivity contribution < 1.29 is 18.7 Å². The number of nitrogens with zero attached hydrogens (tertiary/aromatic N) is 3. The van der Waals surface area contributed by atoms with E-state index in [1.165, 1.54) is 25.4 Å². The number of rotatable bonds is 6. The number of hydrogen-bond acceptors (Lipinski definition) is 5. The quantitative estimate of drug-likeness (QED) is 0.472. The molecule has 0 bridgehead atoms. The molecule has 3 aromatic rings. The van der Waals surface area contributed by atoms with Gasteiger partial charge in [0.05, 0.1) is 28.9 Å². The molecule has 1 saturated heterocycles. The van der Waals surface area contributed by atoms with Crippen molar-refractivity contribution in [2.24, 2.45) is 5.92 Å². The van der Waals surface area contributed by atoms with Crippen molar-refractivity contribution in [1.82, 2.24) is 14.9 Å². The highest BCUT2D eigenvalue weighted by Crippen LogP contribution is 2.38. The smallest absolute Gasteiger partial charge is 0.255 e. The van der Waals surface area contributed by atoms with Crippen LogP contribution in [0.3, 0.4) is 0 Å². The Kier molecular flexibility index (Phi) is 7.00. The van der Waals surface area contributed by atoms with Gasteiger partial charge in [0, 0.05) is 43.3 Å². The minimum absolute atomic E-state index is 0.0506. The highest BCUT2D eigenvalue weighted by atomic mass is 35.5. The number of likely N-dealkylation sites (tertiary alicyclic amines) is 1. The predicted molar refractivity (Wildman–Crippen MR) is 124 cm³/mol. The van der Waals surface area contributed by atoms with Crippen molar-refractivity contribution in [2.45, 2.75) is 18.9 Å². The molecule has 9 heteroatoms. The summed E-state index contributed by atoms with van der Waals surface area (Å²) in [6.07, 6.45) is 2.30. The molecule has 1 aliphatic heterocycles. The van der Waals surface area contributed by atoms with E-state index in [1.807, 2.05) is 19.1 Å². The van der Waals surface area contributed by atoms with Crippen LogP contribution in [0.15, 0.2) is 54.9 Å². The molecule has 1 fully saturated rings. The lowest BCUT2D eigenvalue weighted by atomic mass is 9.86. The van der Waals surface area contributed by atoms with Crippen molar-refractivity contribution in [1.29, 1.82) is 0 Å². The average molecular weight is 490 g/mol. The van der Waals surface area contributed by atoms with Crippen LogP contribution in [-0.4, -0.2) is 47.1 Å². The van der Waals surface area contributed by atoms with Crippen LogP contribution >= 0.6 is 23.2 Å². The highest BCUT2D eigenvalue weighted by Gasteiger charge is 2.40. The molecule has 33 heavy (non-hydrogen) atoms. The van der Waals surface area contributed by atoms with E-state index in [2.05, 4.69) is 9.97 Å². The number of carbonyl (C=O) groups excluding carboxylic acids is 1. The average Bonchev–Trinajstić information content (AvgIpc) is 3.27. The van der Waals surface area contributed by atoms with Crippen molar-refractivity contribution in [3.05, 3.63) is 81.8 Å². The Labute approximate surface area is 201 Å². The number of carbonyl (C=O) groups is 1. The van der Waals surface area contributed by atoms with Gasteiger partial charge in [0.1, 0.15) is 11.9 Å². The van der Waals surface area contributed by atoms with Crippen molar-refractivity contribution in [3.8, 4) is 11.8 Å². The van der Waals surface area contributed by atoms with Gasteiger partial charge >= 0.3 is 0 Å². The van der Waals surface area contributed by atoms with Crippen LogP contribution in [-0.2, 0) is 0 Å². The lowest BCUT2D eigenvalue weighted by Crippen LogP contribution is -2.32. The lowest BCUT2D eigenvalue weighted by Gasteiger charge is -2.25. The summed E-state index contributed by atoms with van der Waals surface area (Å²) in [5.41, 5.74) is 1.43. The molecule has 1 aromatic carbocycles. The Morgan fingerprint density at radius 2 is 1.82 bits per heavy atom. The maximum absolute atomic E-state index is 13.2. The third-order valence-corrected chi connectivity index (χ3v) is 6.57. The van der Waals surface area contributed by atoms with Gasteiger partial charge in [-0.1, -0.05) is 29.3 Å². The van der Waals surface area contributed by atoms with E-state index in [0.29, 0.717) is 40.5 Å². The SMILES string of the molecule is COc1ccc(C(=O)N2C[C@@H]([C@@H](C)Oc3ccc(F)cn3)[C@H](c3ccc(Cl)c(Cl)c3)C2)cn1. The van der Waals surface area contributed by atoms with Crippen molar-refractivity contribution in [2.75, 3.05) is 20.2 Å². The molecule has 1 amide bonds. The standard InChI is InChI=1S/C24H22Cl2FN3O3/c1-14(33-23-8-5-17(27)11-29-23)18-12-30(24(31)16-4-7-22(32-2)28-10-16)13-19(18)15-3-6-20(25)21(26)9-15/h3-11,14,18-19H,12-13H2,1-2H3/t14-,18+,19+/m1/s1. The van der Waals surface area contributed by atoms with E-state index in [9.17, 15) is 9.18 Å². The first-order valence-electron chi connectivity index (χ1n) is 10.4. The predicted octanol–water partition coefficient (Wildman–Crippen LogP) is 5.25. The van der Waals surface area contributed by atoms with Gasteiger partial charge < -0.3 is 14.4 Å². The topological polar surface area (TPSA) is 64.5 Å². The van der Waals surface area contributed by atoms with E-state index in [4.69, 9.17) is 32.7 Å². The Balaban J connectivity index is 1.60. The zero-order valence-electron chi connectivity index (χ0n) is 18.0. The molecule has 3 heterocycles. The number of ether oxygens (including phenoxy) is 2. The summed E-state index contributed by atoms with van der Waals surface area (Å²) in [6.45, 7) is 2.85. The summed E-state index contributed by atoms with van der Waals surface area (Å²) in [4.78, 5) is 23.1. The molecule has 0 saturated carbocycles. The third-order valence-electron chi connectivity index (χ3n) is 5.83. The van der Waals surface area contributed by atoms with Gasteiger partial charge in [-0.05, 0) is 36.8 Å². The van der Waals surface area contributed by atoms with Gasteiger partial charge in [-0.3, -0.25) is 4.79 Å². The summed E-state index contributed by atoms with van der Waals surface area (Å²) in [6, 6.07) is 11.6. The van der Waals surface area contributed by atoms with Gasteiger partial charge in [0.2, 0.25) is 11.8 Å². The zero-order chi connectivity index (χ0) is 23.5. The van der Waals surface area contributed by atoms with Crippen LogP contribution < -0.4 is 9.47 Å². The molecule has 0 aliphatic carbocycles. The minimum atomic E-state index is -0.436. The van der Waals surface area contributed by atoms with Crippen LogP contribution in [0.25, 0.3) is 0 Å². The molecule has 1 aliphatic rings. The van der Waals surface area contributed by atoms with E-state index in [-0.39, 0.29) is 23.8 Å². The molecule has 172 valence electrons. The van der Waals surface area contributed by atoms with Gasteiger partial charge in [-0.15, -0.1) is 0 Å². The number of methoxy groups -OCH3 is 1. The van der Waals surface area contributed by atoms with Crippen molar-refractivity contribution in [3.63, 3.8) is 0 Å². The number of aromatic nitrogens is 2. The minimum Gasteiger partial charge on any atom is -0.481 e. The first-order chi connectivity index (χ1) is 15.9. The van der Waals surface area contributed by atoms with Gasteiger partial charge in [-0.25, -0.2) is 14.4 Å². The monoisotopic (exact) mass is 489 g/mol. The van der Waals surface area contributed by atoms with Crippen LogP contribution in [0.5, 0.6) is 11.8 Å². The fourth-order valence-electron chi connectivity index (χ4n) is 4.09. The summed E-state index contributed by atoms with van der Waals surface area (Å²) < 4.78 is 24.3. The maximum Gasteiger partial charge on any atom is 0.255 e. The second-order valence-corrected chi connectivity index (χ2v) is 8.70. The number of benzene rings is 1.